The summed E-state index contributed by atoms with van der Waals surface area (Å²) in [5.74, 6) is 0.923. The second-order valence-corrected chi connectivity index (χ2v) is 4.19. The maximum absolute atomic E-state index is 5.35. The minimum atomic E-state index is 0.766. The van der Waals surface area contributed by atoms with E-state index in [4.69, 9.17) is 9.47 Å². The third-order valence-electron chi connectivity index (χ3n) is 2.83. The van der Waals surface area contributed by atoms with Crippen molar-refractivity contribution < 1.29 is 9.47 Å². The van der Waals surface area contributed by atoms with Gasteiger partial charge < -0.3 is 19.7 Å². The van der Waals surface area contributed by atoms with Gasteiger partial charge in [-0.1, -0.05) is 12.1 Å². The molecule has 0 atom stereocenters. The number of hydrogen-bond acceptors (Lipinski definition) is 4. The summed E-state index contributed by atoms with van der Waals surface area (Å²) in [5.41, 5.74) is 1.14. The average Bonchev–Trinajstić information content (AvgIpc) is 2.42. The van der Waals surface area contributed by atoms with E-state index >= 15 is 0 Å². The minimum absolute atomic E-state index is 0.766. The number of methoxy groups -OCH3 is 2. The molecule has 0 heterocycles. The number of hydrogen-bond donors (Lipinski definition) is 1. The van der Waals surface area contributed by atoms with Gasteiger partial charge in [0.1, 0.15) is 5.75 Å². The molecule has 1 aromatic rings. The molecular formula is C14H24N2O2. The highest BCUT2D eigenvalue weighted by atomic mass is 16.5. The number of nitrogens with zero attached hydrogens (tertiary/aromatic N) is 1. The number of anilines is 1. The van der Waals surface area contributed by atoms with Gasteiger partial charge in [-0.05, 0) is 25.1 Å². The van der Waals surface area contributed by atoms with Crippen LogP contribution < -0.4 is 15.0 Å². The molecule has 4 nitrogen and oxygen atoms in total. The highest BCUT2D eigenvalue weighted by Gasteiger charge is 2.06. The van der Waals surface area contributed by atoms with Crippen molar-refractivity contribution >= 4 is 5.69 Å². The lowest BCUT2D eigenvalue weighted by Gasteiger charge is -2.21. The molecule has 0 spiro atoms. The predicted octanol–water partition coefficient (Wildman–Crippen LogP) is 1.76. The van der Waals surface area contributed by atoms with E-state index in [0.29, 0.717) is 0 Å². The fourth-order valence-electron chi connectivity index (χ4n) is 1.81. The summed E-state index contributed by atoms with van der Waals surface area (Å²) in [5, 5.41) is 3.34. The molecule has 18 heavy (non-hydrogen) atoms. The molecule has 4 heteroatoms. The first kappa shape index (κ1) is 14.8. The first-order valence-electron chi connectivity index (χ1n) is 6.33. The van der Waals surface area contributed by atoms with Crippen LogP contribution in [-0.4, -0.2) is 47.5 Å². The van der Waals surface area contributed by atoms with Crippen LogP contribution in [0, 0.1) is 0 Å². The molecule has 0 unspecified atom stereocenters. The summed E-state index contributed by atoms with van der Waals surface area (Å²) >= 11 is 0. The van der Waals surface area contributed by atoms with Crippen LogP contribution in [0.3, 0.4) is 0 Å². The molecule has 0 aliphatic rings. The lowest BCUT2D eigenvalue weighted by molar-refractivity contribution is 0.199. The fraction of sp³-hybridized carbons (Fsp3) is 0.571. The van der Waals surface area contributed by atoms with Gasteiger partial charge in [-0.25, -0.2) is 0 Å². The maximum Gasteiger partial charge on any atom is 0.142 e. The molecule has 0 saturated heterocycles. The third kappa shape index (κ3) is 4.94. The van der Waals surface area contributed by atoms with Crippen LogP contribution in [-0.2, 0) is 4.74 Å². The quantitative estimate of drug-likeness (QED) is 0.679. The lowest BCUT2D eigenvalue weighted by Crippen LogP contribution is -2.26. The molecule has 0 radical (unpaired) electrons. The number of nitrogens with one attached hydrogen (secondary N) is 1. The summed E-state index contributed by atoms with van der Waals surface area (Å²) < 4.78 is 10.3. The molecule has 0 amide bonds. The van der Waals surface area contributed by atoms with Crippen LogP contribution in [0.4, 0.5) is 5.69 Å². The summed E-state index contributed by atoms with van der Waals surface area (Å²) in [6.07, 6.45) is 1.10. The monoisotopic (exact) mass is 252 g/mol. The predicted molar refractivity (Wildman–Crippen MR) is 75.6 cm³/mol. The minimum Gasteiger partial charge on any atom is -0.495 e. The van der Waals surface area contributed by atoms with Gasteiger partial charge in [-0.15, -0.1) is 0 Å². The fourth-order valence-corrected chi connectivity index (χ4v) is 1.81. The Morgan fingerprint density at radius 1 is 1.17 bits per heavy atom. The third-order valence-corrected chi connectivity index (χ3v) is 2.83. The summed E-state index contributed by atoms with van der Waals surface area (Å²) in [4.78, 5) is 2.22. The Hall–Kier alpha value is -1.26. The van der Waals surface area contributed by atoms with Gasteiger partial charge in [-0.3, -0.25) is 0 Å². The highest BCUT2D eigenvalue weighted by Crippen LogP contribution is 2.26. The van der Waals surface area contributed by atoms with Crippen LogP contribution in [0.2, 0.25) is 0 Å². The van der Waals surface area contributed by atoms with E-state index in [2.05, 4.69) is 23.3 Å². The first-order valence-corrected chi connectivity index (χ1v) is 6.33. The van der Waals surface area contributed by atoms with E-state index in [1.807, 2.05) is 18.2 Å². The van der Waals surface area contributed by atoms with E-state index < -0.39 is 0 Å². The van der Waals surface area contributed by atoms with Crippen molar-refractivity contribution in [3.05, 3.63) is 24.3 Å². The van der Waals surface area contributed by atoms with Crippen LogP contribution in [0.1, 0.15) is 6.42 Å². The summed E-state index contributed by atoms with van der Waals surface area (Å²) in [6.45, 7) is 3.68. The van der Waals surface area contributed by atoms with Gasteiger partial charge >= 0.3 is 0 Å². The van der Waals surface area contributed by atoms with Crippen molar-refractivity contribution in [3.8, 4) is 5.75 Å². The van der Waals surface area contributed by atoms with Crippen LogP contribution in [0.15, 0.2) is 24.3 Å². The Balaban J connectivity index is 2.29. The van der Waals surface area contributed by atoms with E-state index in [0.717, 1.165) is 44.1 Å². The van der Waals surface area contributed by atoms with E-state index in [1.54, 1.807) is 14.2 Å². The topological polar surface area (TPSA) is 33.7 Å². The number of rotatable bonds is 9. The molecule has 102 valence electrons. The number of ether oxygens (including phenoxy) is 2. The van der Waals surface area contributed by atoms with Crippen molar-refractivity contribution in [3.63, 3.8) is 0 Å². The van der Waals surface area contributed by atoms with Crippen LogP contribution in [0.25, 0.3) is 0 Å². The molecule has 0 aliphatic heterocycles. The van der Waals surface area contributed by atoms with Crippen LogP contribution in [0.5, 0.6) is 5.75 Å². The zero-order valence-electron chi connectivity index (χ0n) is 11.6. The standard InChI is InChI=1S/C14H24N2O2/c1-16(11-6-9-15-10-12-17-2)13-7-4-5-8-14(13)18-3/h4-5,7-8,15H,6,9-12H2,1-3H3. The van der Waals surface area contributed by atoms with Gasteiger partial charge in [0, 0.05) is 27.2 Å². The van der Waals surface area contributed by atoms with Crippen molar-refractivity contribution in [1.29, 1.82) is 0 Å². The Morgan fingerprint density at radius 3 is 2.67 bits per heavy atom. The van der Waals surface area contributed by atoms with E-state index in [9.17, 15) is 0 Å². The molecule has 1 N–H and O–H groups in total. The smallest absolute Gasteiger partial charge is 0.142 e. The van der Waals surface area contributed by atoms with Crippen molar-refractivity contribution in [1.82, 2.24) is 5.32 Å². The Kier molecular flexibility index (Phi) is 7.22. The SMILES string of the molecule is COCCNCCCN(C)c1ccccc1OC. The normalized spacial score (nSPS) is 10.4. The second-order valence-electron chi connectivity index (χ2n) is 4.19. The van der Waals surface area contributed by atoms with Gasteiger partial charge in [0.05, 0.1) is 19.4 Å². The van der Waals surface area contributed by atoms with Crippen molar-refractivity contribution in [2.45, 2.75) is 6.42 Å². The Labute approximate surface area is 110 Å². The van der Waals surface area contributed by atoms with Gasteiger partial charge in [0.15, 0.2) is 0 Å². The molecule has 1 rings (SSSR count). The van der Waals surface area contributed by atoms with Gasteiger partial charge in [0.25, 0.3) is 0 Å². The largest absolute Gasteiger partial charge is 0.495 e. The zero-order valence-corrected chi connectivity index (χ0v) is 11.6. The van der Waals surface area contributed by atoms with Crippen molar-refractivity contribution in [2.24, 2.45) is 0 Å². The first-order chi connectivity index (χ1) is 8.79. The number of para-hydroxylation sites is 2. The summed E-state index contributed by atoms with van der Waals surface area (Å²) in [6, 6.07) is 8.09. The zero-order chi connectivity index (χ0) is 13.2. The average molecular weight is 252 g/mol. The Bertz CT molecular complexity index is 331. The maximum atomic E-state index is 5.35. The van der Waals surface area contributed by atoms with Gasteiger partial charge in [-0.2, -0.15) is 0 Å². The van der Waals surface area contributed by atoms with E-state index in [-0.39, 0.29) is 0 Å². The molecule has 0 aliphatic carbocycles. The van der Waals surface area contributed by atoms with E-state index in [1.165, 1.54) is 0 Å². The molecule has 1 aromatic carbocycles. The molecule has 0 aromatic heterocycles. The summed E-state index contributed by atoms with van der Waals surface area (Å²) in [7, 11) is 5.52. The molecular weight excluding hydrogens is 228 g/mol. The highest BCUT2D eigenvalue weighted by molar-refractivity contribution is 5.57. The number of benzene rings is 1. The second kappa shape index (κ2) is 8.78. The molecule has 0 bridgehead atoms. The lowest BCUT2D eigenvalue weighted by atomic mass is 10.2. The van der Waals surface area contributed by atoms with Crippen LogP contribution >= 0.6 is 0 Å². The Morgan fingerprint density at radius 2 is 1.94 bits per heavy atom. The molecule has 0 fully saturated rings. The van der Waals surface area contributed by atoms with Crippen molar-refractivity contribution in [2.75, 3.05) is 52.4 Å². The van der Waals surface area contributed by atoms with Gasteiger partial charge in [0.2, 0.25) is 0 Å². The molecule has 0 saturated carbocycles.